The molecule has 0 unspecified atom stereocenters. The van der Waals surface area contributed by atoms with Crippen LogP contribution in [0.4, 0.5) is 5.13 Å². The predicted octanol–water partition coefficient (Wildman–Crippen LogP) is 4.38. The van der Waals surface area contributed by atoms with Crippen LogP contribution >= 0.6 is 27.3 Å². The maximum atomic E-state index is 12.0. The zero-order valence-electron chi connectivity index (χ0n) is 11.8. The minimum absolute atomic E-state index is 0.0372. The number of amides is 1. The van der Waals surface area contributed by atoms with Gasteiger partial charge in [0.25, 0.3) is 5.91 Å². The van der Waals surface area contributed by atoms with Crippen molar-refractivity contribution in [2.45, 2.75) is 6.92 Å². The fraction of sp³-hybridized carbons (Fsp3) is 0.125. The minimum atomic E-state index is -0.221. The molecule has 112 valence electrons. The summed E-state index contributed by atoms with van der Waals surface area (Å²) in [5.74, 6) is 0.493. The Kier molecular flexibility index (Phi) is 4.40. The molecule has 3 aromatic rings. The Labute approximate surface area is 140 Å². The third-order valence-electron chi connectivity index (χ3n) is 3.05. The lowest BCUT2D eigenvalue weighted by molar-refractivity contribution is -0.118. The van der Waals surface area contributed by atoms with Gasteiger partial charge in [-0.3, -0.25) is 10.1 Å². The summed E-state index contributed by atoms with van der Waals surface area (Å²) in [5.41, 5.74) is 1.86. The van der Waals surface area contributed by atoms with Crippen molar-refractivity contribution in [3.05, 3.63) is 52.5 Å². The second kappa shape index (κ2) is 6.46. The molecule has 1 N–H and O–H groups in total. The van der Waals surface area contributed by atoms with Crippen LogP contribution in [0.25, 0.3) is 10.2 Å². The number of anilines is 1. The Morgan fingerprint density at radius 3 is 2.95 bits per heavy atom. The lowest BCUT2D eigenvalue weighted by atomic mass is 10.2. The molecule has 1 heterocycles. The molecular formula is C16H13BrN2O2S. The van der Waals surface area contributed by atoms with Crippen LogP contribution < -0.4 is 10.1 Å². The largest absolute Gasteiger partial charge is 0.483 e. The number of carbonyl (C=O) groups is 1. The minimum Gasteiger partial charge on any atom is -0.483 e. The Bertz CT molecular complexity index is 832. The molecule has 3 rings (SSSR count). The highest BCUT2D eigenvalue weighted by Gasteiger charge is 2.09. The predicted molar refractivity (Wildman–Crippen MR) is 92.6 cm³/mol. The molecule has 6 heteroatoms. The zero-order valence-corrected chi connectivity index (χ0v) is 14.2. The summed E-state index contributed by atoms with van der Waals surface area (Å²) in [4.78, 5) is 16.3. The number of aromatic nitrogens is 1. The summed E-state index contributed by atoms with van der Waals surface area (Å²) in [6.07, 6.45) is 0. The third kappa shape index (κ3) is 3.45. The van der Waals surface area contributed by atoms with E-state index in [1.165, 1.54) is 11.3 Å². The van der Waals surface area contributed by atoms with Crippen LogP contribution in [0.2, 0.25) is 0 Å². The average molecular weight is 377 g/mol. The van der Waals surface area contributed by atoms with Gasteiger partial charge < -0.3 is 4.74 Å². The van der Waals surface area contributed by atoms with Crippen LogP contribution in [0.3, 0.4) is 0 Å². The SMILES string of the molecule is Cc1ccccc1OCC(=O)Nc1nc2ccc(Br)cc2s1. The topological polar surface area (TPSA) is 51.2 Å². The molecule has 0 aliphatic rings. The molecule has 1 aromatic heterocycles. The lowest BCUT2D eigenvalue weighted by Gasteiger charge is -2.07. The van der Waals surface area contributed by atoms with E-state index in [-0.39, 0.29) is 12.5 Å². The Morgan fingerprint density at radius 2 is 2.14 bits per heavy atom. The second-order valence-electron chi connectivity index (χ2n) is 4.73. The Morgan fingerprint density at radius 1 is 1.32 bits per heavy atom. The Hall–Kier alpha value is -1.92. The number of fused-ring (bicyclic) bond motifs is 1. The molecule has 1 amide bonds. The van der Waals surface area contributed by atoms with Gasteiger partial charge in [-0.2, -0.15) is 0 Å². The number of nitrogens with zero attached hydrogens (tertiary/aromatic N) is 1. The highest BCUT2D eigenvalue weighted by atomic mass is 79.9. The average Bonchev–Trinajstić information content (AvgIpc) is 2.87. The summed E-state index contributed by atoms with van der Waals surface area (Å²) < 4.78 is 7.53. The zero-order chi connectivity index (χ0) is 15.5. The van der Waals surface area contributed by atoms with E-state index in [1.54, 1.807) is 0 Å². The molecule has 0 fully saturated rings. The van der Waals surface area contributed by atoms with Crippen molar-refractivity contribution in [3.8, 4) is 5.75 Å². The van der Waals surface area contributed by atoms with E-state index in [4.69, 9.17) is 4.74 Å². The molecule has 0 aliphatic heterocycles. The van der Waals surface area contributed by atoms with E-state index in [0.717, 1.165) is 20.3 Å². The fourth-order valence-electron chi connectivity index (χ4n) is 1.97. The van der Waals surface area contributed by atoms with E-state index in [2.05, 4.69) is 26.2 Å². The quantitative estimate of drug-likeness (QED) is 0.734. The molecule has 0 saturated carbocycles. The van der Waals surface area contributed by atoms with Crippen molar-refractivity contribution >= 4 is 48.5 Å². The number of hydrogen-bond donors (Lipinski definition) is 1. The van der Waals surface area contributed by atoms with Gasteiger partial charge in [0.05, 0.1) is 10.2 Å². The molecule has 0 spiro atoms. The smallest absolute Gasteiger partial charge is 0.264 e. The van der Waals surface area contributed by atoms with Gasteiger partial charge in [-0.1, -0.05) is 45.5 Å². The van der Waals surface area contributed by atoms with Crippen molar-refractivity contribution in [1.82, 2.24) is 4.98 Å². The summed E-state index contributed by atoms with van der Waals surface area (Å²) >= 11 is 4.86. The van der Waals surface area contributed by atoms with Crippen molar-refractivity contribution in [2.24, 2.45) is 0 Å². The van der Waals surface area contributed by atoms with Gasteiger partial charge in [-0.15, -0.1) is 0 Å². The number of benzene rings is 2. The Balaban J connectivity index is 1.64. The maximum absolute atomic E-state index is 12.0. The van der Waals surface area contributed by atoms with Gasteiger partial charge in [0, 0.05) is 4.47 Å². The van der Waals surface area contributed by atoms with Crippen LogP contribution in [-0.4, -0.2) is 17.5 Å². The molecule has 22 heavy (non-hydrogen) atoms. The number of para-hydroxylation sites is 1. The van der Waals surface area contributed by atoms with Crippen LogP contribution in [0, 0.1) is 6.92 Å². The van der Waals surface area contributed by atoms with Gasteiger partial charge in [-0.05, 0) is 36.8 Å². The molecular weight excluding hydrogens is 364 g/mol. The van der Waals surface area contributed by atoms with E-state index in [9.17, 15) is 4.79 Å². The van der Waals surface area contributed by atoms with Crippen molar-refractivity contribution < 1.29 is 9.53 Å². The van der Waals surface area contributed by atoms with E-state index in [1.807, 2.05) is 49.4 Å². The first kappa shape index (κ1) is 15.0. The van der Waals surface area contributed by atoms with Gasteiger partial charge in [0.1, 0.15) is 5.75 Å². The monoisotopic (exact) mass is 376 g/mol. The number of aryl methyl sites for hydroxylation is 1. The van der Waals surface area contributed by atoms with Crippen LogP contribution in [0.5, 0.6) is 5.75 Å². The number of rotatable bonds is 4. The van der Waals surface area contributed by atoms with Gasteiger partial charge >= 0.3 is 0 Å². The molecule has 4 nitrogen and oxygen atoms in total. The lowest BCUT2D eigenvalue weighted by Crippen LogP contribution is -2.20. The van der Waals surface area contributed by atoms with Crippen LogP contribution in [0.15, 0.2) is 46.9 Å². The summed E-state index contributed by atoms with van der Waals surface area (Å²) in [6.45, 7) is 1.91. The molecule has 0 atom stereocenters. The molecule has 2 aromatic carbocycles. The van der Waals surface area contributed by atoms with E-state index in [0.29, 0.717) is 10.9 Å². The maximum Gasteiger partial charge on any atom is 0.264 e. The number of ether oxygens (including phenoxy) is 1. The number of thiazole rings is 1. The third-order valence-corrected chi connectivity index (χ3v) is 4.48. The van der Waals surface area contributed by atoms with Crippen molar-refractivity contribution in [2.75, 3.05) is 11.9 Å². The number of nitrogens with one attached hydrogen (secondary N) is 1. The first-order valence-electron chi connectivity index (χ1n) is 6.66. The van der Waals surface area contributed by atoms with E-state index >= 15 is 0 Å². The van der Waals surface area contributed by atoms with Crippen LogP contribution in [-0.2, 0) is 4.79 Å². The highest BCUT2D eigenvalue weighted by molar-refractivity contribution is 9.10. The first-order valence-corrected chi connectivity index (χ1v) is 8.27. The van der Waals surface area contributed by atoms with Crippen LogP contribution in [0.1, 0.15) is 5.56 Å². The van der Waals surface area contributed by atoms with Gasteiger partial charge in [0.2, 0.25) is 0 Å². The standard InChI is InChI=1S/C16H13BrN2O2S/c1-10-4-2-3-5-13(10)21-9-15(20)19-16-18-12-7-6-11(17)8-14(12)22-16/h2-8H,9H2,1H3,(H,18,19,20). The molecule has 0 aliphatic carbocycles. The molecule has 0 radical (unpaired) electrons. The summed E-state index contributed by atoms with van der Waals surface area (Å²) in [6, 6.07) is 13.4. The van der Waals surface area contributed by atoms with E-state index < -0.39 is 0 Å². The number of carbonyl (C=O) groups excluding carboxylic acids is 1. The van der Waals surface area contributed by atoms with Crippen molar-refractivity contribution in [3.63, 3.8) is 0 Å². The fourth-order valence-corrected chi connectivity index (χ4v) is 3.40. The van der Waals surface area contributed by atoms with Gasteiger partial charge in [-0.25, -0.2) is 4.98 Å². The second-order valence-corrected chi connectivity index (χ2v) is 6.68. The van der Waals surface area contributed by atoms with Crippen molar-refractivity contribution in [1.29, 1.82) is 0 Å². The number of hydrogen-bond acceptors (Lipinski definition) is 4. The molecule has 0 bridgehead atoms. The number of halogens is 1. The summed E-state index contributed by atoms with van der Waals surface area (Å²) in [5, 5.41) is 3.34. The first-order chi connectivity index (χ1) is 10.6. The summed E-state index contributed by atoms with van der Waals surface area (Å²) in [7, 11) is 0. The normalized spacial score (nSPS) is 10.6. The highest BCUT2D eigenvalue weighted by Crippen LogP contribution is 2.28. The molecule has 0 saturated heterocycles. The van der Waals surface area contributed by atoms with Gasteiger partial charge in [0.15, 0.2) is 11.7 Å².